The van der Waals surface area contributed by atoms with Gasteiger partial charge in [0.15, 0.2) is 0 Å². The Hall–Kier alpha value is -1.13. The molecule has 118 valence electrons. The number of piperidine rings is 1. The number of benzene rings is 1. The fourth-order valence-corrected chi connectivity index (χ4v) is 2.66. The summed E-state index contributed by atoms with van der Waals surface area (Å²) >= 11 is 0. The summed E-state index contributed by atoms with van der Waals surface area (Å²) in [4.78, 5) is 12.2. The van der Waals surface area contributed by atoms with E-state index in [1.165, 1.54) is 12.1 Å². The van der Waals surface area contributed by atoms with Gasteiger partial charge in [-0.1, -0.05) is 26.0 Å². The van der Waals surface area contributed by atoms with Crippen LogP contribution in [0.3, 0.4) is 0 Å². The molecule has 0 saturated carbocycles. The van der Waals surface area contributed by atoms with Gasteiger partial charge in [-0.3, -0.25) is 4.79 Å². The van der Waals surface area contributed by atoms with E-state index in [1.807, 2.05) is 13.0 Å². The molecule has 1 saturated heterocycles. The Kier molecular flexibility index (Phi) is 7.12. The molecule has 1 aliphatic heterocycles. The lowest BCUT2D eigenvalue weighted by Gasteiger charge is -2.31. The van der Waals surface area contributed by atoms with E-state index in [2.05, 4.69) is 17.6 Å². The third-order valence-electron chi connectivity index (χ3n) is 3.99. The maximum absolute atomic E-state index is 13.1. The second-order valence-electron chi connectivity index (χ2n) is 5.82. The van der Waals surface area contributed by atoms with E-state index in [0.717, 1.165) is 25.1 Å². The van der Waals surface area contributed by atoms with E-state index in [0.29, 0.717) is 12.3 Å². The van der Waals surface area contributed by atoms with Crippen molar-refractivity contribution in [1.82, 2.24) is 10.6 Å². The lowest BCUT2D eigenvalue weighted by Crippen LogP contribution is -2.49. The quantitative estimate of drug-likeness (QED) is 0.896. The minimum Gasteiger partial charge on any atom is -0.353 e. The van der Waals surface area contributed by atoms with Gasteiger partial charge in [-0.15, -0.1) is 12.4 Å². The zero-order valence-corrected chi connectivity index (χ0v) is 13.4. The third kappa shape index (κ3) is 5.29. The van der Waals surface area contributed by atoms with E-state index >= 15 is 0 Å². The summed E-state index contributed by atoms with van der Waals surface area (Å²) in [6.07, 6.45) is 1.54. The Balaban J connectivity index is 0.00000220. The normalized spacial score (nSPS) is 23.0. The van der Waals surface area contributed by atoms with Crippen molar-refractivity contribution >= 4 is 18.3 Å². The van der Waals surface area contributed by atoms with Crippen LogP contribution in [0.1, 0.15) is 25.8 Å². The zero-order valence-electron chi connectivity index (χ0n) is 12.6. The Morgan fingerprint density at radius 2 is 2.29 bits per heavy atom. The van der Waals surface area contributed by atoms with Crippen LogP contribution in [0.25, 0.3) is 0 Å². The highest BCUT2D eigenvalue weighted by Crippen LogP contribution is 2.14. The van der Waals surface area contributed by atoms with Gasteiger partial charge in [0.05, 0.1) is 0 Å². The van der Waals surface area contributed by atoms with Crippen LogP contribution in [0.15, 0.2) is 24.3 Å². The van der Waals surface area contributed by atoms with Crippen LogP contribution < -0.4 is 10.6 Å². The number of carbonyl (C=O) groups excluding carboxylic acids is 1. The Bertz CT molecular complexity index is 469. The van der Waals surface area contributed by atoms with Gasteiger partial charge in [0.25, 0.3) is 0 Å². The van der Waals surface area contributed by atoms with Crippen LogP contribution >= 0.6 is 12.4 Å². The molecule has 3 unspecified atom stereocenters. The maximum atomic E-state index is 13.1. The molecule has 21 heavy (non-hydrogen) atoms. The summed E-state index contributed by atoms with van der Waals surface area (Å²) in [5.41, 5.74) is 0.867. The first-order valence-corrected chi connectivity index (χ1v) is 7.32. The summed E-state index contributed by atoms with van der Waals surface area (Å²) in [7, 11) is 0. The molecule has 1 aromatic rings. The molecule has 5 heteroatoms. The first-order chi connectivity index (χ1) is 9.56. The van der Waals surface area contributed by atoms with Gasteiger partial charge >= 0.3 is 0 Å². The standard InChI is InChI=1S/C16H23FN2O.ClH/c1-11(8-13-4-3-5-14(17)9-13)16(20)19-15-6-7-18-10-12(15)2;/h3-5,9,11-12,15,18H,6-8,10H2,1-2H3,(H,19,20);1H. The number of hydrogen-bond acceptors (Lipinski definition) is 2. The number of amides is 1. The number of halogens is 2. The summed E-state index contributed by atoms with van der Waals surface area (Å²) in [6, 6.07) is 6.71. The molecule has 0 radical (unpaired) electrons. The van der Waals surface area contributed by atoms with E-state index in [4.69, 9.17) is 0 Å². The van der Waals surface area contributed by atoms with Gasteiger partial charge < -0.3 is 10.6 Å². The lowest BCUT2D eigenvalue weighted by molar-refractivity contribution is -0.125. The molecule has 3 nitrogen and oxygen atoms in total. The fourth-order valence-electron chi connectivity index (χ4n) is 2.66. The SMILES string of the molecule is CC(Cc1cccc(F)c1)C(=O)NC1CCNCC1C.Cl. The van der Waals surface area contributed by atoms with Crippen molar-refractivity contribution in [2.75, 3.05) is 13.1 Å². The van der Waals surface area contributed by atoms with Gasteiger partial charge in [-0.05, 0) is 49.5 Å². The molecule has 3 atom stereocenters. The van der Waals surface area contributed by atoms with Crippen molar-refractivity contribution in [1.29, 1.82) is 0 Å². The molecular weight excluding hydrogens is 291 g/mol. The average molecular weight is 315 g/mol. The number of carbonyl (C=O) groups is 1. The Morgan fingerprint density at radius 3 is 2.95 bits per heavy atom. The smallest absolute Gasteiger partial charge is 0.223 e. The van der Waals surface area contributed by atoms with Crippen LogP contribution in [-0.4, -0.2) is 25.0 Å². The van der Waals surface area contributed by atoms with Gasteiger partial charge in [-0.2, -0.15) is 0 Å². The molecule has 2 rings (SSSR count). The van der Waals surface area contributed by atoms with Crippen molar-refractivity contribution in [3.05, 3.63) is 35.6 Å². The van der Waals surface area contributed by atoms with E-state index < -0.39 is 0 Å². The molecular formula is C16H24ClFN2O. The van der Waals surface area contributed by atoms with Gasteiger partial charge in [0.1, 0.15) is 5.82 Å². The number of rotatable bonds is 4. The molecule has 0 spiro atoms. The van der Waals surface area contributed by atoms with Crippen LogP contribution in [-0.2, 0) is 11.2 Å². The second-order valence-corrected chi connectivity index (χ2v) is 5.82. The number of hydrogen-bond donors (Lipinski definition) is 2. The maximum Gasteiger partial charge on any atom is 0.223 e. The molecule has 1 aliphatic rings. The topological polar surface area (TPSA) is 41.1 Å². The monoisotopic (exact) mass is 314 g/mol. The fraction of sp³-hybridized carbons (Fsp3) is 0.562. The minimum absolute atomic E-state index is 0. The highest BCUT2D eigenvalue weighted by molar-refractivity contribution is 5.85. The van der Waals surface area contributed by atoms with Crippen molar-refractivity contribution in [2.24, 2.45) is 11.8 Å². The molecule has 0 bridgehead atoms. The molecule has 1 heterocycles. The molecule has 2 N–H and O–H groups in total. The minimum atomic E-state index is -0.248. The number of nitrogens with one attached hydrogen (secondary N) is 2. The van der Waals surface area contributed by atoms with Crippen LogP contribution in [0.2, 0.25) is 0 Å². The summed E-state index contributed by atoms with van der Waals surface area (Å²) in [5, 5.41) is 6.45. The highest BCUT2D eigenvalue weighted by Gasteiger charge is 2.24. The molecule has 0 aliphatic carbocycles. The predicted molar refractivity (Wildman–Crippen MR) is 85.1 cm³/mol. The van der Waals surface area contributed by atoms with E-state index in [1.54, 1.807) is 6.07 Å². The summed E-state index contributed by atoms with van der Waals surface area (Å²) < 4.78 is 13.1. The lowest BCUT2D eigenvalue weighted by atomic mass is 9.93. The largest absolute Gasteiger partial charge is 0.353 e. The predicted octanol–water partition coefficient (Wildman–Crippen LogP) is 2.54. The average Bonchev–Trinajstić information content (AvgIpc) is 2.41. The van der Waals surface area contributed by atoms with Crippen molar-refractivity contribution in [2.45, 2.75) is 32.7 Å². The van der Waals surface area contributed by atoms with Crippen LogP contribution in [0.4, 0.5) is 4.39 Å². The van der Waals surface area contributed by atoms with Crippen LogP contribution in [0, 0.1) is 17.7 Å². The van der Waals surface area contributed by atoms with Crippen molar-refractivity contribution < 1.29 is 9.18 Å². The highest BCUT2D eigenvalue weighted by atomic mass is 35.5. The molecule has 1 aromatic carbocycles. The van der Waals surface area contributed by atoms with Crippen molar-refractivity contribution in [3.63, 3.8) is 0 Å². The van der Waals surface area contributed by atoms with Crippen LogP contribution in [0.5, 0.6) is 0 Å². The van der Waals surface area contributed by atoms with E-state index in [9.17, 15) is 9.18 Å². The van der Waals surface area contributed by atoms with E-state index in [-0.39, 0.29) is 36.1 Å². The first kappa shape index (κ1) is 17.9. The molecule has 1 fully saturated rings. The van der Waals surface area contributed by atoms with Crippen molar-refractivity contribution in [3.8, 4) is 0 Å². The zero-order chi connectivity index (χ0) is 14.5. The second kappa shape index (κ2) is 8.35. The summed E-state index contributed by atoms with van der Waals surface area (Å²) in [5.74, 6) is 0.128. The van der Waals surface area contributed by atoms with Gasteiger partial charge in [0, 0.05) is 12.0 Å². The third-order valence-corrected chi connectivity index (χ3v) is 3.99. The summed E-state index contributed by atoms with van der Waals surface area (Å²) in [6.45, 7) is 5.94. The first-order valence-electron chi connectivity index (χ1n) is 7.32. The van der Waals surface area contributed by atoms with Gasteiger partial charge in [-0.25, -0.2) is 4.39 Å². The Morgan fingerprint density at radius 1 is 1.52 bits per heavy atom. The van der Waals surface area contributed by atoms with Gasteiger partial charge in [0.2, 0.25) is 5.91 Å². The molecule has 0 aromatic heterocycles. The molecule has 1 amide bonds. The Labute approximate surface area is 132 Å².